The number of carbonyl (C=O) groups is 1. The molecule has 4 heterocycles. The fourth-order valence-electron chi connectivity index (χ4n) is 3.45. The average molecular weight is 365 g/mol. The maximum atomic E-state index is 12.1. The van der Waals surface area contributed by atoms with Gasteiger partial charge >= 0.3 is 6.03 Å². The molecule has 1 atom stereocenters. The van der Waals surface area contributed by atoms with Gasteiger partial charge in [-0.3, -0.25) is 10.3 Å². The molecule has 1 aliphatic rings. The van der Waals surface area contributed by atoms with Crippen LogP contribution in [0, 0.1) is 12.8 Å². The third kappa shape index (κ3) is 3.90. The van der Waals surface area contributed by atoms with E-state index in [4.69, 9.17) is 0 Å². The van der Waals surface area contributed by atoms with Gasteiger partial charge in [-0.2, -0.15) is 5.10 Å². The van der Waals surface area contributed by atoms with Crippen LogP contribution in [-0.2, 0) is 0 Å². The highest BCUT2D eigenvalue weighted by molar-refractivity contribution is 5.91. The van der Waals surface area contributed by atoms with Gasteiger partial charge in [-0.15, -0.1) is 0 Å². The Labute approximate surface area is 157 Å². The molecule has 8 heteroatoms. The standard InChI is InChI=1S/C19H23N7O/c1-13-7-16(3-5-20-13)26-17-11-21-18(8-15(17)10-23-26)24-19(27)22-9-14-4-6-25(2)12-14/h3,5,7-8,10-11,14H,4,6,9,12H2,1-2H3,(H2,21,22,24,27)/t14-/m1/s1. The summed E-state index contributed by atoms with van der Waals surface area (Å²) < 4.78 is 1.82. The monoisotopic (exact) mass is 365 g/mol. The van der Waals surface area contributed by atoms with Gasteiger partial charge in [0, 0.05) is 30.4 Å². The number of aryl methyl sites for hydroxylation is 1. The largest absolute Gasteiger partial charge is 0.338 e. The van der Waals surface area contributed by atoms with E-state index < -0.39 is 0 Å². The molecule has 3 aromatic heterocycles. The lowest BCUT2D eigenvalue weighted by Gasteiger charge is -2.12. The van der Waals surface area contributed by atoms with Crippen LogP contribution in [0.15, 0.2) is 36.8 Å². The summed E-state index contributed by atoms with van der Waals surface area (Å²) >= 11 is 0. The quantitative estimate of drug-likeness (QED) is 0.740. The van der Waals surface area contributed by atoms with Crippen molar-refractivity contribution in [1.82, 2.24) is 30.0 Å². The predicted octanol–water partition coefficient (Wildman–Crippen LogP) is 2.20. The molecule has 3 aromatic rings. The molecule has 8 nitrogen and oxygen atoms in total. The van der Waals surface area contributed by atoms with Crippen LogP contribution >= 0.6 is 0 Å². The highest BCUT2D eigenvalue weighted by Gasteiger charge is 2.19. The van der Waals surface area contributed by atoms with Crippen molar-refractivity contribution in [3.63, 3.8) is 0 Å². The van der Waals surface area contributed by atoms with Crippen molar-refractivity contribution >= 4 is 22.8 Å². The van der Waals surface area contributed by atoms with Crippen molar-refractivity contribution in [1.29, 1.82) is 0 Å². The smallest absolute Gasteiger partial charge is 0.320 e. The Balaban J connectivity index is 1.44. The maximum absolute atomic E-state index is 12.1. The second-order valence-electron chi connectivity index (χ2n) is 7.09. The molecular weight excluding hydrogens is 342 g/mol. The predicted molar refractivity (Wildman–Crippen MR) is 104 cm³/mol. The van der Waals surface area contributed by atoms with Crippen molar-refractivity contribution in [2.24, 2.45) is 5.92 Å². The first kappa shape index (κ1) is 17.4. The summed E-state index contributed by atoms with van der Waals surface area (Å²) in [5.41, 5.74) is 2.73. The molecule has 1 fully saturated rings. The minimum atomic E-state index is -0.228. The van der Waals surface area contributed by atoms with Gasteiger partial charge in [0.25, 0.3) is 0 Å². The van der Waals surface area contributed by atoms with Gasteiger partial charge in [0.05, 0.1) is 23.6 Å². The van der Waals surface area contributed by atoms with Gasteiger partial charge in [-0.1, -0.05) is 0 Å². The summed E-state index contributed by atoms with van der Waals surface area (Å²) in [5.74, 6) is 1.02. The molecule has 0 aliphatic carbocycles. The molecule has 0 aromatic carbocycles. The Morgan fingerprint density at radius 2 is 2.19 bits per heavy atom. The van der Waals surface area contributed by atoms with Gasteiger partial charge in [0.1, 0.15) is 5.82 Å². The zero-order chi connectivity index (χ0) is 18.8. The zero-order valence-corrected chi connectivity index (χ0v) is 15.5. The first-order chi connectivity index (χ1) is 13.1. The number of fused-ring (bicyclic) bond motifs is 1. The number of urea groups is 1. The molecule has 0 saturated carbocycles. The van der Waals surface area contributed by atoms with Crippen LogP contribution in [0.2, 0.25) is 0 Å². The second kappa shape index (κ2) is 7.32. The molecule has 0 spiro atoms. The van der Waals surface area contributed by atoms with Crippen molar-refractivity contribution in [2.45, 2.75) is 13.3 Å². The summed E-state index contributed by atoms with van der Waals surface area (Å²) in [6, 6.07) is 5.47. The summed E-state index contributed by atoms with van der Waals surface area (Å²) in [5, 5.41) is 11.1. The number of pyridine rings is 2. The van der Waals surface area contributed by atoms with Crippen LogP contribution in [-0.4, -0.2) is 57.4 Å². The van der Waals surface area contributed by atoms with Crippen molar-refractivity contribution in [2.75, 3.05) is 32.0 Å². The molecule has 0 bridgehead atoms. The molecular formula is C19H23N7O. The lowest BCUT2D eigenvalue weighted by atomic mass is 10.1. The topological polar surface area (TPSA) is 88.0 Å². The molecule has 2 N–H and O–H groups in total. The molecule has 0 unspecified atom stereocenters. The van der Waals surface area contributed by atoms with Gasteiger partial charge in [-0.25, -0.2) is 14.5 Å². The number of anilines is 1. The van der Waals surface area contributed by atoms with Gasteiger partial charge < -0.3 is 10.2 Å². The Hall–Kier alpha value is -3.00. The average Bonchev–Trinajstić information content (AvgIpc) is 3.25. The van der Waals surface area contributed by atoms with Crippen LogP contribution in [0.5, 0.6) is 0 Å². The lowest BCUT2D eigenvalue weighted by molar-refractivity contribution is 0.250. The van der Waals surface area contributed by atoms with E-state index in [1.165, 1.54) is 0 Å². The number of rotatable bonds is 4. The molecule has 4 rings (SSSR count). The highest BCUT2D eigenvalue weighted by atomic mass is 16.2. The number of hydrogen-bond donors (Lipinski definition) is 2. The number of carbonyl (C=O) groups excluding carboxylic acids is 1. The molecule has 2 amide bonds. The Bertz CT molecular complexity index is 968. The number of nitrogens with zero attached hydrogens (tertiary/aromatic N) is 5. The normalized spacial score (nSPS) is 17.3. The second-order valence-corrected chi connectivity index (χ2v) is 7.09. The minimum absolute atomic E-state index is 0.228. The van der Waals surface area contributed by atoms with E-state index in [0.717, 1.165) is 41.8 Å². The molecule has 140 valence electrons. The van der Waals surface area contributed by atoms with Crippen LogP contribution < -0.4 is 10.6 Å². The van der Waals surface area contributed by atoms with Gasteiger partial charge in [0.15, 0.2) is 0 Å². The molecule has 0 radical (unpaired) electrons. The van der Waals surface area contributed by atoms with E-state index in [0.29, 0.717) is 18.3 Å². The van der Waals surface area contributed by atoms with E-state index in [1.54, 1.807) is 18.6 Å². The Morgan fingerprint density at radius 1 is 1.30 bits per heavy atom. The lowest BCUT2D eigenvalue weighted by Crippen LogP contribution is -2.34. The van der Waals surface area contributed by atoms with Crippen LogP contribution in [0.1, 0.15) is 12.1 Å². The van der Waals surface area contributed by atoms with E-state index in [9.17, 15) is 4.79 Å². The summed E-state index contributed by atoms with van der Waals surface area (Å²) in [7, 11) is 2.10. The third-order valence-corrected chi connectivity index (χ3v) is 4.86. The number of likely N-dealkylation sites (tertiary alicyclic amines) is 1. The molecule has 1 saturated heterocycles. The maximum Gasteiger partial charge on any atom is 0.320 e. The van der Waals surface area contributed by atoms with E-state index in [-0.39, 0.29) is 6.03 Å². The van der Waals surface area contributed by atoms with Gasteiger partial charge in [0.2, 0.25) is 0 Å². The first-order valence-electron chi connectivity index (χ1n) is 9.09. The molecule has 1 aliphatic heterocycles. The zero-order valence-electron chi connectivity index (χ0n) is 15.5. The van der Waals surface area contributed by atoms with Crippen molar-refractivity contribution < 1.29 is 4.79 Å². The van der Waals surface area contributed by atoms with Crippen molar-refractivity contribution in [3.8, 4) is 5.69 Å². The molecule has 27 heavy (non-hydrogen) atoms. The third-order valence-electron chi connectivity index (χ3n) is 4.86. The van der Waals surface area contributed by atoms with Gasteiger partial charge in [-0.05, 0) is 51.1 Å². The fourth-order valence-corrected chi connectivity index (χ4v) is 3.45. The number of aromatic nitrogens is 4. The Kier molecular flexibility index (Phi) is 4.72. The van der Waals surface area contributed by atoms with Crippen molar-refractivity contribution in [3.05, 3.63) is 42.5 Å². The Morgan fingerprint density at radius 3 is 2.96 bits per heavy atom. The number of hydrogen-bond acceptors (Lipinski definition) is 5. The number of amides is 2. The summed E-state index contributed by atoms with van der Waals surface area (Å²) in [6.45, 7) is 4.74. The highest BCUT2D eigenvalue weighted by Crippen LogP contribution is 2.20. The van der Waals surface area contributed by atoms with E-state index >= 15 is 0 Å². The summed E-state index contributed by atoms with van der Waals surface area (Å²) in [4.78, 5) is 23.0. The SMILES string of the molecule is Cc1cc(-n2ncc3cc(NC(=O)NC[C@H]4CCN(C)C4)ncc32)ccn1. The first-order valence-corrected chi connectivity index (χ1v) is 9.09. The summed E-state index contributed by atoms with van der Waals surface area (Å²) in [6.07, 6.45) is 6.37. The van der Waals surface area contributed by atoms with Crippen LogP contribution in [0.25, 0.3) is 16.6 Å². The fraction of sp³-hybridized carbons (Fsp3) is 0.368. The van der Waals surface area contributed by atoms with E-state index in [2.05, 4.69) is 37.6 Å². The number of nitrogens with one attached hydrogen (secondary N) is 2. The van der Waals surface area contributed by atoms with Crippen LogP contribution in [0.3, 0.4) is 0 Å². The minimum Gasteiger partial charge on any atom is -0.338 e. The van der Waals surface area contributed by atoms with Crippen LogP contribution in [0.4, 0.5) is 10.6 Å². The van der Waals surface area contributed by atoms with E-state index in [1.807, 2.05) is 29.8 Å².